The summed E-state index contributed by atoms with van der Waals surface area (Å²) in [6.45, 7) is 0. The molecule has 0 aromatic carbocycles. The third kappa shape index (κ3) is 2.97. The van der Waals surface area contributed by atoms with Gasteiger partial charge in [-0.05, 0) is 25.7 Å². The zero-order valence-corrected chi connectivity index (χ0v) is 8.39. The number of carboxylic acids is 1. The number of carboxylic acid groups (broad SMARTS) is 1. The van der Waals surface area contributed by atoms with Gasteiger partial charge in [-0.15, -0.1) is 0 Å². The standard InChI is InChI=1S/C7H9BrO2.Cu/c8-6-4-2-1-3-5(6)7(9)10;/h1-4H2,(H,9,10);. The van der Waals surface area contributed by atoms with E-state index in [1.54, 1.807) is 0 Å². The molecule has 0 atom stereocenters. The third-order valence-electron chi connectivity index (χ3n) is 1.66. The number of hydrogen-bond acceptors (Lipinski definition) is 1. The van der Waals surface area contributed by atoms with Gasteiger partial charge in [0.15, 0.2) is 0 Å². The molecule has 1 rings (SSSR count). The fourth-order valence-electron chi connectivity index (χ4n) is 1.09. The van der Waals surface area contributed by atoms with Crippen LogP contribution in [0.2, 0.25) is 0 Å². The summed E-state index contributed by atoms with van der Waals surface area (Å²) in [5.74, 6) is -0.772. The molecular formula is C7H9BrCuO2. The van der Waals surface area contributed by atoms with Crippen molar-refractivity contribution in [2.45, 2.75) is 25.7 Å². The van der Waals surface area contributed by atoms with Gasteiger partial charge in [-0.25, -0.2) is 4.79 Å². The first-order valence-corrected chi connectivity index (χ1v) is 4.12. The van der Waals surface area contributed by atoms with Gasteiger partial charge in [0, 0.05) is 27.1 Å². The molecule has 0 saturated heterocycles. The van der Waals surface area contributed by atoms with Gasteiger partial charge in [-0.1, -0.05) is 15.9 Å². The van der Waals surface area contributed by atoms with Crippen molar-refractivity contribution in [3.8, 4) is 0 Å². The molecule has 0 aromatic heterocycles. The largest absolute Gasteiger partial charge is 0.478 e. The normalized spacial score (nSPS) is 17.5. The molecule has 0 spiro atoms. The molecule has 0 heterocycles. The van der Waals surface area contributed by atoms with Crippen LogP contribution in [0.3, 0.4) is 0 Å². The van der Waals surface area contributed by atoms with Crippen molar-refractivity contribution in [1.82, 2.24) is 0 Å². The Kier molecular flexibility index (Phi) is 5.06. The quantitative estimate of drug-likeness (QED) is 0.741. The van der Waals surface area contributed by atoms with E-state index in [1.165, 1.54) is 0 Å². The minimum absolute atomic E-state index is 0. The second-order valence-electron chi connectivity index (χ2n) is 2.40. The van der Waals surface area contributed by atoms with Crippen molar-refractivity contribution in [1.29, 1.82) is 0 Å². The average Bonchev–Trinajstić information content (AvgIpc) is 1.88. The Hall–Kier alpha value is 0.209. The summed E-state index contributed by atoms with van der Waals surface area (Å²) in [5, 5.41) is 8.62. The van der Waals surface area contributed by atoms with E-state index in [9.17, 15) is 4.79 Å². The molecule has 11 heavy (non-hydrogen) atoms. The molecule has 1 aliphatic carbocycles. The predicted molar refractivity (Wildman–Crippen MR) is 42.1 cm³/mol. The van der Waals surface area contributed by atoms with E-state index in [2.05, 4.69) is 15.9 Å². The van der Waals surface area contributed by atoms with Crippen molar-refractivity contribution in [3.05, 3.63) is 10.1 Å². The Morgan fingerprint density at radius 1 is 1.36 bits per heavy atom. The number of aliphatic carboxylic acids is 1. The third-order valence-corrected chi connectivity index (χ3v) is 2.53. The first-order valence-electron chi connectivity index (χ1n) is 3.32. The summed E-state index contributed by atoms with van der Waals surface area (Å²) in [6.07, 6.45) is 3.73. The maximum Gasteiger partial charge on any atom is 0.332 e. The van der Waals surface area contributed by atoms with Crippen LogP contribution in [-0.2, 0) is 21.9 Å². The molecular weight excluding hydrogens is 260 g/mol. The van der Waals surface area contributed by atoms with Gasteiger partial charge in [0.05, 0.1) is 0 Å². The Labute approximate surface area is 84.7 Å². The van der Waals surface area contributed by atoms with Gasteiger partial charge in [-0.2, -0.15) is 0 Å². The summed E-state index contributed by atoms with van der Waals surface area (Å²) in [5.41, 5.74) is 0.561. The Balaban J connectivity index is 0.000001000. The molecule has 0 amide bonds. The van der Waals surface area contributed by atoms with E-state index in [4.69, 9.17) is 5.11 Å². The summed E-state index contributed by atoms with van der Waals surface area (Å²) in [7, 11) is 0. The Morgan fingerprint density at radius 2 is 1.91 bits per heavy atom. The molecule has 1 aliphatic rings. The van der Waals surface area contributed by atoms with Crippen molar-refractivity contribution >= 4 is 21.9 Å². The summed E-state index contributed by atoms with van der Waals surface area (Å²) >= 11 is 3.25. The van der Waals surface area contributed by atoms with Crippen LogP contribution in [0.4, 0.5) is 0 Å². The SMILES string of the molecule is O=C(O)C1=C(Br)CCCC1.[Cu]. The minimum atomic E-state index is -0.772. The van der Waals surface area contributed by atoms with E-state index in [0.717, 1.165) is 30.2 Å². The van der Waals surface area contributed by atoms with Crippen LogP contribution in [0.1, 0.15) is 25.7 Å². The van der Waals surface area contributed by atoms with Gasteiger partial charge >= 0.3 is 5.97 Å². The fourth-order valence-corrected chi connectivity index (χ4v) is 1.74. The fraction of sp³-hybridized carbons (Fsp3) is 0.571. The van der Waals surface area contributed by atoms with Crippen molar-refractivity contribution in [2.24, 2.45) is 0 Å². The topological polar surface area (TPSA) is 37.3 Å². The van der Waals surface area contributed by atoms with E-state index >= 15 is 0 Å². The van der Waals surface area contributed by atoms with Crippen LogP contribution in [0, 0.1) is 0 Å². The molecule has 1 N–H and O–H groups in total. The first-order chi connectivity index (χ1) is 4.72. The van der Waals surface area contributed by atoms with Gasteiger partial charge < -0.3 is 5.11 Å². The molecule has 1 radical (unpaired) electrons. The van der Waals surface area contributed by atoms with E-state index in [0.29, 0.717) is 5.57 Å². The van der Waals surface area contributed by atoms with Gasteiger partial charge in [-0.3, -0.25) is 0 Å². The molecule has 0 bridgehead atoms. The summed E-state index contributed by atoms with van der Waals surface area (Å²) in [6, 6.07) is 0. The number of allylic oxidation sites excluding steroid dienone is 1. The first kappa shape index (κ1) is 11.2. The average molecular weight is 269 g/mol. The van der Waals surface area contributed by atoms with Crippen molar-refractivity contribution in [2.75, 3.05) is 0 Å². The zero-order valence-electron chi connectivity index (χ0n) is 5.86. The molecule has 67 valence electrons. The number of rotatable bonds is 1. The molecule has 0 saturated carbocycles. The minimum Gasteiger partial charge on any atom is -0.478 e. The zero-order chi connectivity index (χ0) is 7.56. The Bertz CT molecular complexity index is 189. The van der Waals surface area contributed by atoms with E-state index in [1.807, 2.05) is 0 Å². The predicted octanol–water partition coefficient (Wildman–Crippen LogP) is 2.29. The van der Waals surface area contributed by atoms with Crippen LogP contribution in [0.5, 0.6) is 0 Å². The summed E-state index contributed by atoms with van der Waals surface area (Å²) < 4.78 is 0.881. The maximum atomic E-state index is 10.5. The van der Waals surface area contributed by atoms with E-state index in [-0.39, 0.29) is 17.1 Å². The molecule has 2 nitrogen and oxygen atoms in total. The Morgan fingerprint density at radius 3 is 2.27 bits per heavy atom. The van der Waals surface area contributed by atoms with Gasteiger partial charge in [0.1, 0.15) is 0 Å². The number of hydrogen-bond donors (Lipinski definition) is 1. The molecule has 0 unspecified atom stereocenters. The van der Waals surface area contributed by atoms with Gasteiger partial charge in [0.2, 0.25) is 0 Å². The monoisotopic (exact) mass is 267 g/mol. The van der Waals surface area contributed by atoms with Crippen LogP contribution in [0.15, 0.2) is 10.1 Å². The van der Waals surface area contributed by atoms with Crippen molar-refractivity contribution in [3.63, 3.8) is 0 Å². The molecule has 4 heteroatoms. The van der Waals surface area contributed by atoms with Crippen molar-refractivity contribution < 1.29 is 27.0 Å². The molecule has 0 aliphatic heterocycles. The maximum absolute atomic E-state index is 10.5. The van der Waals surface area contributed by atoms with E-state index < -0.39 is 5.97 Å². The van der Waals surface area contributed by atoms with Crippen LogP contribution >= 0.6 is 15.9 Å². The molecule has 0 aromatic rings. The second-order valence-corrected chi connectivity index (χ2v) is 3.35. The van der Waals surface area contributed by atoms with Crippen LogP contribution in [-0.4, -0.2) is 11.1 Å². The smallest absolute Gasteiger partial charge is 0.332 e. The summed E-state index contributed by atoms with van der Waals surface area (Å²) in [4.78, 5) is 10.5. The van der Waals surface area contributed by atoms with Crippen LogP contribution < -0.4 is 0 Å². The number of halogens is 1. The second kappa shape index (κ2) is 4.96. The van der Waals surface area contributed by atoms with Gasteiger partial charge in [0.25, 0.3) is 0 Å². The van der Waals surface area contributed by atoms with Crippen LogP contribution in [0.25, 0.3) is 0 Å². The molecule has 0 fully saturated rings. The number of carbonyl (C=O) groups is 1.